The Bertz CT molecular complexity index is 215. The van der Waals surface area contributed by atoms with Crippen molar-refractivity contribution < 1.29 is 14.9 Å². The average molecular weight is 188 g/mol. The molecule has 5 nitrogen and oxygen atoms in total. The van der Waals surface area contributed by atoms with Crippen LogP contribution >= 0.6 is 0 Å². The minimum Gasteiger partial charge on any atom is -0.384 e. The zero-order chi connectivity index (χ0) is 9.80. The summed E-state index contributed by atoms with van der Waals surface area (Å²) >= 11 is 0. The maximum atomic E-state index is 9.77. The molecule has 2 heterocycles. The van der Waals surface area contributed by atoms with Crippen LogP contribution in [0.5, 0.6) is 0 Å². The second-order valence-electron chi connectivity index (χ2n) is 3.91. The van der Waals surface area contributed by atoms with E-state index in [0.29, 0.717) is 0 Å². The van der Waals surface area contributed by atoms with Gasteiger partial charge in [-0.15, -0.1) is 0 Å². The van der Waals surface area contributed by atoms with Gasteiger partial charge in [0.15, 0.2) is 6.29 Å². The third-order valence-corrected chi connectivity index (χ3v) is 3.23. The molecule has 5 atom stereocenters. The van der Waals surface area contributed by atoms with Crippen LogP contribution < -0.4 is 0 Å². The Kier molecular flexibility index (Phi) is 1.91. The molecule has 5 heteroatoms. The largest absolute Gasteiger partial charge is 0.384 e. The van der Waals surface area contributed by atoms with Crippen LogP contribution in [-0.2, 0) is 4.74 Å². The summed E-state index contributed by atoms with van der Waals surface area (Å²) in [6, 6.07) is 0. The van der Waals surface area contributed by atoms with E-state index in [9.17, 15) is 10.2 Å². The first-order valence-corrected chi connectivity index (χ1v) is 4.49. The number of ether oxygens (including phenoxy) is 1. The van der Waals surface area contributed by atoms with E-state index in [2.05, 4.69) is 0 Å². The van der Waals surface area contributed by atoms with Gasteiger partial charge in [0, 0.05) is 20.5 Å². The lowest BCUT2D eigenvalue weighted by Gasteiger charge is -2.35. The molecule has 2 rings (SSSR count). The standard InChI is InChI=1S/C8H16N2O3/c1-5-4-8(9(2)10(8)3)6(11)7(12)13-5/h5-7,11-12H,4H2,1-3H3. The van der Waals surface area contributed by atoms with Gasteiger partial charge >= 0.3 is 0 Å². The Balaban J connectivity index is 2.19. The highest BCUT2D eigenvalue weighted by atomic mass is 16.6. The van der Waals surface area contributed by atoms with Gasteiger partial charge in [-0.3, -0.25) is 0 Å². The Morgan fingerprint density at radius 2 is 1.85 bits per heavy atom. The molecule has 0 radical (unpaired) electrons. The van der Waals surface area contributed by atoms with Gasteiger partial charge in [-0.05, 0) is 6.92 Å². The smallest absolute Gasteiger partial charge is 0.184 e. The van der Waals surface area contributed by atoms with Gasteiger partial charge in [0.05, 0.1) is 6.10 Å². The lowest BCUT2D eigenvalue weighted by molar-refractivity contribution is -0.230. The molecule has 2 fully saturated rings. The summed E-state index contributed by atoms with van der Waals surface area (Å²) in [5.41, 5.74) is -0.406. The van der Waals surface area contributed by atoms with E-state index < -0.39 is 18.1 Å². The zero-order valence-corrected chi connectivity index (χ0v) is 8.14. The number of rotatable bonds is 0. The molecule has 76 valence electrons. The zero-order valence-electron chi connectivity index (χ0n) is 8.14. The highest BCUT2D eigenvalue weighted by Gasteiger charge is 2.65. The maximum Gasteiger partial charge on any atom is 0.184 e. The van der Waals surface area contributed by atoms with Crippen molar-refractivity contribution in [1.29, 1.82) is 0 Å². The van der Waals surface area contributed by atoms with E-state index in [1.807, 2.05) is 31.0 Å². The Hall–Kier alpha value is -0.200. The number of hydrogen-bond acceptors (Lipinski definition) is 5. The predicted octanol–water partition coefficient (Wildman–Crippen LogP) is -1.04. The number of nitrogens with zero attached hydrogens (tertiary/aromatic N) is 2. The van der Waals surface area contributed by atoms with Crippen LogP contribution in [0.15, 0.2) is 0 Å². The SMILES string of the molecule is CC1CC2(C(O)C(O)O1)N(C)N2C. The first-order valence-electron chi connectivity index (χ1n) is 4.49. The van der Waals surface area contributed by atoms with Crippen molar-refractivity contribution in [2.75, 3.05) is 14.1 Å². The second-order valence-corrected chi connectivity index (χ2v) is 3.91. The normalized spacial score (nSPS) is 61.2. The number of hydrogen-bond donors (Lipinski definition) is 2. The summed E-state index contributed by atoms with van der Waals surface area (Å²) in [4.78, 5) is 0. The van der Waals surface area contributed by atoms with E-state index in [1.54, 1.807) is 0 Å². The van der Waals surface area contributed by atoms with Crippen LogP contribution in [-0.4, -0.2) is 58.5 Å². The maximum absolute atomic E-state index is 9.77. The summed E-state index contributed by atoms with van der Waals surface area (Å²) < 4.78 is 5.12. The molecule has 2 saturated heterocycles. The van der Waals surface area contributed by atoms with Crippen LogP contribution in [0.3, 0.4) is 0 Å². The molecule has 0 aromatic heterocycles. The van der Waals surface area contributed by atoms with E-state index >= 15 is 0 Å². The average Bonchev–Trinajstić information content (AvgIpc) is 2.55. The molecule has 0 aromatic rings. The predicted molar refractivity (Wildman–Crippen MR) is 45.4 cm³/mol. The number of aliphatic hydroxyl groups is 2. The fraction of sp³-hybridized carbons (Fsp3) is 1.00. The highest BCUT2D eigenvalue weighted by Crippen LogP contribution is 2.46. The van der Waals surface area contributed by atoms with Crippen molar-refractivity contribution in [3.8, 4) is 0 Å². The highest BCUT2D eigenvalue weighted by molar-refractivity contribution is 5.07. The van der Waals surface area contributed by atoms with Gasteiger partial charge in [0.2, 0.25) is 0 Å². The summed E-state index contributed by atoms with van der Waals surface area (Å²) in [5, 5.41) is 23.1. The monoisotopic (exact) mass is 188 g/mol. The Morgan fingerprint density at radius 1 is 1.31 bits per heavy atom. The third kappa shape index (κ3) is 1.05. The van der Waals surface area contributed by atoms with Crippen LogP contribution in [0, 0.1) is 0 Å². The van der Waals surface area contributed by atoms with Gasteiger partial charge < -0.3 is 14.9 Å². The first-order chi connectivity index (χ1) is 6.00. The quantitative estimate of drug-likeness (QED) is 0.476. The van der Waals surface area contributed by atoms with E-state index in [0.717, 1.165) is 6.42 Å². The Labute approximate surface area is 77.5 Å². The number of aliphatic hydroxyl groups excluding tert-OH is 2. The number of likely N-dealkylation sites (N-methyl/N-ethyl adjacent to an activating group) is 2. The molecular weight excluding hydrogens is 172 g/mol. The summed E-state index contributed by atoms with van der Waals surface area (Å²) in [7, 11) is 3.79. The molecular formula is C8H16N2O3. The van der Waals surface area contributed by atoms with Crippen LogP contribution in [0.1, 0.15) is 13.3 Å². The van der Waals surface area contributed by atoms with Crippen molar-refractivity contribution in [3.63, 3.8) is 0 Å². The van der Waals surface area contributed by atoms with Crippen molar-refractivity contribution in [1.82, 2.24) is 10.0 Å². The van der Waals surface area contributed by atoms with Gasteiger partial charge in [-0.25, -0.2) is 10.0 Å². The van der Waals surface area contributed by atoms with Crippen molar-refractivity contribution in [3.05, 3.63) is 0 Å². The molecule has 2 N–H and O–H groups in total. The summed E-state index contributed by atoms with van der Waals surface area (Å²) in [6.07, 6.45) is -1.22. The fourth-order valence-corrected chi connectivity index (χ4v) is 2.29. The molecule has 0 aromatic carbocycles. The third-order valence-electron chi connectivity index (χ3n) is 3.23. The van der Waals surface area contributed by atoms with Gasteiger partial charge in [-0.2, -0.15) is 0 Å². The minimum atomic E-state index is -1.07. The van der Waals surface area contributed by atoms with E-state index in [4.69, 9.17) is 4.74 Å². The van der Waals surface area contributed by atoms with Gasteiger partial charge in [0.1, 0.15) is 11.8 Å². The first kappa shape index (κ1) is 9.36. The molecule has 2 aliphatic rings. The second kappa shape index (κ2) is 2.65. The van der Waals surface area contributed by atoms with E-state index in [1.165, 1.54) is 0 Å². The molecule has 0 saturated carbocycles. The van der Waals surface area contributed by atoms with Crippen LogP contribution in [0.25, 0.3) is 0 Å². The van der Waals surface area contributed by atoms with Crippen LogP contribution in [0.2, 0.25) is 0 Å². The Morgan fingerprint density at radius 3 is 2.31 bits per heavy atom. The molecule has 13 heavy (non-hydrogen) atoms. The molecule has 0 amide bonds. The van der Waals surface area contributed by atoms with Crippen molar-refractivity contribution in [2.45, 2.75) is 37.5 Å². The lowest BCUT2D eigenvalue weighted by atomic mass is 9.96. The summed E-state index contributed by atoms with van der Waals surface area (Å²) in [6.45, 7) is 1.90. The fourth-order valence-electron chi connectivity index (χ4n) is 2.29. The minimum absolute atomic E-state index is 0.0224. The van der Waals surface area contributed by atoms with Gasteiger partial charge in [-0.1, -0.05) is 0 Å². The summed E-state index contributed by atoms with van der Waals surface area (Å²) in [5.74, 6) is 0. The molecule has 2 aliphatic heterocycles. The molecule has 1 spiro atoms. The van der Waals surface area contributed by atoms with E-state index in [-0.39, 0.29) is 6.10 Å². The molecule has 0 aliphatic carbocycles. The topological polar surface area (TPSA) is 55.7 Å². The lowest BCUT2D eigenvalue weighted by Crippen LogP contribution is -2.52. The number of hydrazine groups is 1. The van der Waals surface area contributed by atoms with Crippen molar-refractivity contribution >= 4 is 0 Å². The molecule has 5 unspecified atom stereocenters. The van der Waals surface area contributed by atoms with Crippen molar-refractivity contribution in [2.24, 2.45) is 0 Å². The van der Waals surface area contributed by atoms with Gasteiger partial charge in [0.25, 0.3) is 0 Å². The molecule has 0 bridgehead atoms. The van der Waals surface area contributed by atoms with Crippen LogP contribution in [0.4, 0.5) is 0 Å².